The van der Waals surface area contributed by atoms with Crippen molar-refractivity contribution in [1.82, 2.24) is 5.32 Å². The number of hydrogen-bond donors (Lipinski definition) is 3. The molecule has 0 rings (SSSR count). The van der Waals surface area contributed by atoms with E-state index in [1.54, 1.807) is 0 Å². The van der Waals surface area contributed by atoms with Crippen LogP contribution in [0, 0.1) is 0 Å². The van der Waals surface area contributed by atoms with Crippen molar-refractivity contribution in [2.45, 2.75) is 321 Å². The SMILES string of the molecule is CCCCCCCC/C=C\CCCCCCCC(=O)OCCCCCCCCCC/C=C\CCCCCCCCCC(=O)NC(CO)C(O)CCCCCCCCCCCCCCC. The first-order chi connectivity index (χ1) is 31.5. The number of ether oxygens (including phenoxy) is 1. The van der Waals surface area contributed by atoms with E-state index in [0.717, 1.165) is 44.9 Å². The van der Waals surface area contributed by atoms with Crippen molar-refractivity contribution in [2.24, 2.45) is 0 Å². The standard InChI is InChI=1S/C58H111NO5/c1-3-5-7-9-11-13-15-17-23-28-32-36-40-44-48-52-58(63)64-53-49-45-41-37-33-29-25-22-20-18-19-21-24-27-31-35-39-43-47-51-57(62)59-55(54-60)56(61)50-46-42-38-34-30-26-16-14-12-10-8-6-4-2/h17-19,23,55-56,60-61H,3-16,20-22,24-54H2,1-2H3,(H,59,62)/b19-18-,23-17-. The van der Waals surface area contributed by atoms with Crippen LogP contribution in [-0.2, 0) is 14.3 Å². The number of esters is 1. The van der Waals surface area contributed by atoms with Crippen molar-refractivity contribution in [3.63, 3.8) is 0 Å². The van der Waals surface area contributed by atoms with E-state index in [1.165, 1.54) is 231 Å². The van der Waals surface area contributed by atoms with Crippen molar-refractivity contribution in [1.29, 1.82) is 0 Å². The summed E-state index contributed by atoms with van der Waals surface area (Å²) in [5.41, 5.74) is 0. The molecule has 1 amide bonds. The Kier molecular flexibility index (Phi) is 52.6. The van der Waals surface area contributed by atoms with Crippen LogP contribution >= 0.6 is 0 Å². The first-order valence-electron chi connectivity index (χ1n) is 28.6. The Labute approximate surface area is 399 Å². The zero-order chi connectivity index (χ0) is 46.5. The molecule has 0 bridgehead atoms. The lowest BCUT2D eigenvalue weighted by Crippen LogP contribution is -2.45. The Bertz CT molecular complexity index is 997. The van der Waals surface area contributed by atoms with E-state index in [1.807, 2.05) is 0 Å². The molecule has 6 nitrogen and oxygen atoms in total. The zero-order valence-corrected chi connectivity index (χ0v) is 43.0. The topological polar surface area (TPSA) is 95.9 Å². The summed E-state index contributed by atoms with van der Waals surface area (Å²) < 4.78 is 5.47. The number of hydrogen-bond acceptors (Lipinski definition) is 5. The molecule has 0 aliphatic rings. The molecule has 64 heavy (non-hydrogen) atoms. The van der Waals surface area contributed by atoms with Crippen LogP contribution in [0.2, 0.25) is 0 Å². The van der Waals surface area contributed by atoms with Gasteiger partial charge < -0.3 is 20.3 Å². The number of amides is 1. The number of unbranched alkanes of at least 4 members (excludes halogenated alkanes) is 38. The van der Waals surface area contributed by atoms with E-state index in [0.29, 0.717) is 25.9 Å². The van der Waals surface area contributed by atoms with Crippen LogP contribution in [0.3, 0.4) is 0 Å². The molecule has 0 saturated heterocycles. The van der Waals surface area contributed by atoms with Gasteiger partial charge in [0.15, 0.2) is 0 Å². The zero-order valence-electron chi connectivity index (χ0n) is 43.0. The van der Waals surface area contributed by atoms with Gasteiger partial charge in [-0.25, -0.2) is 0 Å². The summed E-state index contributed by atoms with van der Waals surface area (Å²) in [4.78, 5) is 24.5. The predicted octanol–water partition coefficient (Wildman–Crippen LogP) is 17.5. The summed E-state index contributed by atoms with van der Waals surface area (Å²) in [6.45, 7) is 4.94. The Morgan fingerprint density at radius 1 is 0.422 bits per heavy atom. The number of aliphatic hydroxyl groups excluding tert-OH is 2. The third kappa shape index (κ3) is 49.8. The molecule has 6 heteroatoms. The largest absolute Gasteiger partial charge is 0.466 e. The molecular formula is C58H111NO5. The normalized spacial score (nSPS) is 12.8. The van der Waals surface area contributed by atoms with Crippen LogP contribution in [-0.4, -0.2) is 47.4 Å². The highest BCUT2D eigenvalue weighted by molar-refractivity contribution is 5.76. The molecule has 0 saturated carbocycles. The van der Waals surface area contributed by atoms with Gasteiger partial charge in [0.25, 0.3) is 0 Å². The lowest BCUT2D eigenvalue weighted by molar-refractivity contribution is -0.143. The minimum absolute atomic E-state index is 0.00390. The molecule has 0 radical (unpaired) electrons. The van der Waals surface area contributed by atoms with Gasteiger partial charge in [-0.05, 0) is 77.0 Å². The van der Waals surface area contributed by atoms with Gasteiger partial charge in [0.2, 0.25) is 5.91 Å². The molecule has 0 aromatic heterocycles. The monoisotopic (exact) mass is 902 g/mol. The molecule has 378 valence electrons. The fourth-order valence-electron chi connectivity index (χ4n) is 8.81. The first-order valence-corrected chi connectivity index (χ1v) is 28.6. The number of aliphatic hydroxyl groups is 2. The average Bonchev–Trinajstić information content (AvgIpc) is 3.29. The van der Waals surface area contributed by atoms with E-state index in [4.69, 9.17) is 4.74 Å². The van der Waals surface area contributed by atoms with Gasteiger partial charge in [0, 0.05) is 12.8 Å². The number of carbonyl (C=O) groups is 2. The second kappa shape index (κ2) is 54.0. The fraction of sp³-hybridized carbons (Fsp3) is 0.897. The van der Waals surface area contributed by atoms with Crippen LogP contribution in [0.15, 0.2) is 24.3 Å². The fourth-order valence-corrected chi connectivity index (χ4v) is 8.81. The maximum Gasteiger partial charge on any atom is 0.305 e. The molecule has 0 fully saturated rings. The van der Waals surface area contributed by atoms with E-state index >= 15 is 0 Å². The molecular weight excluding hydrogens is 791 g/mol. The Balaban J connectivity index is 3.43. The first kappa shape index (κ1) is 62.3. The van der Waals surface area contributed by atoms with Gasteiger partial charge in [-0.15, -0.1) is 0 Å². The van der Waals surface area contributed by atoms with Gasteiger partial charge in [0.05, 0.1) is 25.4 Å². The van der Waals surface area contributed by atoms with Crippen LogP contribution in [0.5, 0.6) is 0 Å². The van der Waals surface area contributed by atoms with E-state index < -0.39 is 12.1 Å². The Hall–Kier alpha value is -1.66. The molecule has 0 heterocycles. The Morgan fingerprint density at radius 2 is 0.734 bits per heavy atom. The van der Waals surface area contributed by atoms with Gasteiger partial charge in [-0.3, -0.25) is 9.59 Å². The number of carbonyl (C=O) groups excluding carboxylic acids is 2. The molecule has 0 spiro atoms. The molecule has 2 atom stereocenters. The summed E-state index contributed by atoms with van der Waals surface area (Å²) in [6, 6.07) is -0.548. The third-order valence-corrected chi connectivity index (χ3v) is 13.2. The molecule has 2 unspecified atom stereocenters. The smallest absolute Gasteiger partial charge is 0.305 e. The highest BCUT2D eigenvalue weighted by Gasteiger charge is 2.20. The van der Waals surface area contributed by atoms with E-state index in [2.05, 4.69) is 43.5 Å². The van der Waals surface area contributed by atoms with Crippen LogP contribution in [0.1, 0.15) is 309 Å². The molecule has 0 aliphatic carbocycles. The predicted molar refractivity (Wildman–Crippen MR) is 278 cm³/mol. The molecule has 0 aromatic carbocycles. The third-order valence-electron chi connectivity index (χ3n) is 13.2. The van der Waals surface area contributed by atoms with Crippen LogP contribution in [0.25, 0.3) is 0 Å². The van der Waals surface area contributed by atoms with E-state index in [-0.39, 0.29) is 18.5 Å². The van der Waals surface area contributed by atoms with Gasteiger partial charge in [-0.2, -0.15) is 0 Å². The number of nitrogens with one attached hydrogen (secondary N) is 1. The summed E-state index contributed by atoms with van der Waals surface area (Å²) in [5.74, 6) is -0.0483. The summed E-state index contributed by atoms with van der Waals surface area (Å²) in [6.07, 6.45) is 64.5. The van der Waals surface area contributed by atoms with Gasteiger partial charge >= 0.3 is 5.97 Å². The highest BCUT2D eigenvalue weighted by atomic mass is 16.5. The van der Waals surface area contributed by atoms with Crippen molar-refractivity contribution in [3.8, 4) is 0 Å². The van der Waals surface area contributed by atoms with Crippen molar-refractivity contribution < 1.29 is 24.5 Å². The quantitative estimate of drug-likeness (QED) is 0.0321. The summed E-state index contributed by atoms with van der Waals surface area (Å²) in [5, 5.41) is 23.2. The van der Waals surface area contributed by atoms with Gasteiger partial charge in [0.1, 0.15) is 0 Å². The van der Waals surface area contributed by atoms with Crippen molar-refractivity contribution >= 4 is 11.9 Å². The average molecular weight is 903 g/mol. The number of allylic oxidation sites excluding steroid dienone is 4. The summed E-state index contributed by atoms with van der Waals surface area (Å²) >= 11 is 0. The van der Waals surface area contributed by atoms with Crippen LogP contribution in [0.4, 0.5) is 0 Å². The summed E-state index contributed by atoms with van der Waals surface area (Å²) in [7, 11) is 0. The van der Waals surface area contributed by atoms with Crippen molar-refractivity contribution in [3.05, 3.63) is 24.3 Å². The maximum atomic E-state index is 12.4. The van der Waals surface area contributed by atoms with Crippen LogP contribution < -0.4 is 5.32 Å². The lowest BCUT2D eigenvalue weighted by Gasteiger charge is -2.22. The minimum atomic E-state index is -0.669. The molecule has 0 aromatic rings. The van der Waals surface area contributed by atoms with Gasteiger partial charge in [-0.1, -0.05) is 244 Å². The highest BCUT2D eigenvalue weighted by Crippen LogP contribution is 2.16. The molecule has 3 N–H and O–H groups in total. The number of rotatable bonds is 53. The molecule has 0 aliphatic heterocycles. The minimum Gasteiger partial charge on any atom is -0.466 e. The van der Waals surface area contributed by atoms with E-state index in [9.17, 15) is 19.8 Å². The maximum absolute atomic E-state index is 12.4. The lowest BCUT2D eigenvalue weighted by atomic mass is 10.0. The second-order valence-corrected chi connectivity index (χ2v) is 19.6. The Morgan fingerprint density at radius 3 is 1.11 bits per heavy atom. The van der Waals surface area contributed by atoms with Crippen molar-refractivity contribution in [2.75, 3.05) is 13.2 Å². The second-order valence-electron chi connectivity index (χ2n) is 19.6.